The zero-order chi connectivity index (χ0) is 13.4. The summed E-state index contributed by atoms with van der Waals surface area (Å²) in [5, 5.41) is 0. The van der Waals surface area contributed by atoms with E-state index in [2.05, 4.69) is 0 Å². The Labute approximate surface area is 112 Å². The van der Waals surface area contributed by atoms with Crippen LogP contribution in [0.4, 0.5) is 15.8 Å². The fourth-order valence-corrected chi connectivity index (χ4v) is 2.54. The summed E-state index contributed by atoms with van der Waals surface area (Å²) in [6, 6.07) is 4.76. The van der Waals surface area contributed by atoms with Gasteiger partial charge in [-0.1, -0.05) is 0 Å². The zero-order valence-electron chi connectivity index (χ0n) is 10.8. The van der Waals surface area contributed by atoms with Gasteiger partial charge in [0, 0.05) is 37.8 Å². The van der Waals surface area contributed by atoms with Gasteiger partial charge < -0.3 is 15.5 Å². The van der Waals surface area contributed by atoms with E-state index in [1.807, 2.05) is 9.80 Å². The Morgan fingerprint density at radius 2 is 1.89 bits per heavy atom. The molecule has 1 aromatic carbocycles. The van der Waals surface area contributed by atoms with Crippen molar-refractivity contribution in [1.29, 1.82) is 0 Å². The molecule has 2 N–H and O–H groups in total. The van der Waals surface area contributed by atoms with Crippen LogP contribution in [0.25, 0.3) is 0 Å². The third-order valence-corrected chi connectivity index (χ3v) is 3.83. The van der Waals surface area contributed by atoms with E-state index in [-0.39, 0.29) is 17.6 Å². The van der Waals surface area contributed by atoms with Crippen LogP contribution in [0, 0.1) is 11.7 Å². The number of piperazine rings is 1. The van der Waals surface area contributed by atoms with Crippen molar-refractivity contribution in [1.82, 2.24) is 4.90 Å². The Balaban J connectivity index is 1.64. The molecule has 19 heavy (non-hydrogen) atoms. The molecule has 1 saturated heterocycles. The second-order valence-corrected chi connectivity index (χ2v) is 5.30. The molecule has 1 aromatic rings. The van der Waals surface area contributed by atoms with Crippen molar-refractivity contribution >= 4 is 17.3 Å². The van der Waals surface area contributed by atoms with Crippen LogP contribution in [0.15, 0.2) is 18.2 Å². The molecule has 1 heterocycles. The third kappa shape index (κ3) is 2.50. The van der Waals surface area contributed by atoms with Gasteiger partial charge in [0.1, 0.15) is 5.82 Å². The highest BCUT2D eigenvalue weighted by atomic mass is 19.1. The first-order chi connectivity index (χ1) is 9.15. The predicted octanol–water partition coefficient (Wildman–Crippen LogP) is 1.47. The largest absolute Gasteiger partial charge is 0.399 e. The predicted molar refractivity (Wildman–Crippen MR) is 72.3 cm³/mol. The molecular formula is C14H18FN3O. The van der Waals surface area contributed by atoms with Crippen molar-refractivity contribution in [3.63, 3.8) is 0 Å². The van der Waals surface area contributed by atoms with Crippen molar-refractivity contribution in [3.8, 4) is 0 Å². The van der Waals surface area contributed by atoms with Crippen LogP contribution < -0.4 is 10.6 Å². The van der Waals surface area contributed by atoms with E-state index < -0.39 is 0 Å². The van der Waals surface area contributed by atoms with E-state index >= 15 is 0 Å². The molecule has 1 aliphatic heterocycles. The van der Waals surface area contributed by atoms with Gasteiger partial charge in [-0.2, -0.15) is 0 Å². The second-order valence-electron chi connectivity index (χ2n) is 5.30. The lowest BCUT2D eigenvalue weighted by Gasteiger charge is -2.36. The number of hydrogen-bond donors (Lipinski definition) is 1. The monoisotopic (exact) mass is 263 g/mol. The fourth-order valence-electron chi connectivity index (χ4n) is 2.54. The number of halogens is 1. The number of anilines is 2. The molecule has 5 heteroatoms. The number of rotatable bonds is 2. The molecule has 0 radical (unpaired) electrons. The first kappa shape index (κ1) is 12.3. The minimum atomic E-state index is -0.290. The first-order valence-corrected chi connectivity index (χ1v) is 6.74. The van der Waals surface area contributed by atoms with Crippen LogP contribution in [0.3, 0.4) is 0 Å². The molecular weight excluding hydrogens is 245 g/mol. The molecule has 3 rings (SSSR count). The maximum absolute atomic E-state index is 13.8. The van der Waals surface area contributed by atoms with E-state index in [1.54, 1.807) is 12.1 Å². The molecule has 102 valence electrons. The SMILES string of the molecule is Nc1ccc(N2CCN(C(=O)C3CC3)CC2)c(F)c1. The quantitative estimate of drug-likeness (QED) is 0.822. The summed E-state index contributed by atoms with van der Waals surface area (Å²) in [6.07, 6.45) is 2.07. The molecule has 1 saturated carbocycles. The molecule has 0 aromatic heterocycles. The summed E-state index contributed by atoms with van der Waals surface area (Å²) >= 11 is 0. The number of nitrogens with two attached hydrogens (primary N) is 1. The van der Waals surface area contributed by atoms with Crippen LogP contribution in [0.2, 0.25) is 0 Å². The lowest BCUT2D eigenvalue weighted by Crippen LogP contribution is -2.49. The van der Waals surface area contributed by atoms with Gasteiger partial charge in [-0.05, 0) is 31.0 Å². The van der Waals surface area contributed by atoms with Gasteiger partial charge in [0.15, 0.2) is 0 Å². The lowest BCUT2D eigenvalue weighted by atomic mass is 10.2. The number of benzene rings is 1. The van der Waals surface area contributed by atoms with E-state index in [0.29, 0.717) is 37.6 Å². The highest BCUT2D eigenvalue weighted by Gasteiger charge is 2.34. The number of nitrogens with zero attached hydrogens (tertiary/aromatic N) is 2. The van der Waals surface area contributed by atoms with Gasteiger partial charge in [-0.3, -0.25) is 4.79 Å². The van der Waals surface area contributed by atoms with Crippen LogP contribution in [0.5, 0.6) is 0 Å². The lowest BCUT2D eigenvalue weighted by molar-refractivity contribution is -0.132. The van der Waals surface area contributed by atoms with Gasteiger partial charge in [0.05, 0.1) is 5.69 Å². The standard InChI is InChI=1S/C14H18FN3O/c15-12-9-11(16)3-4-13(12)17-5-7-18(8-6-17)14(19)10-1-2-10/h3-4,9-10H,1-2,5-8,16H2. The van der Waals surface area contributed by atoms with Crippen molar-refractivity contribution in [2.75, 3.05) is 36.8 Å². The van der Waals surface area contributed by atoms with Gasteiger partial charge >= 0.3 is 0 Å². The summed E-state index contributed by atoms with van der Waals surface area (Å²) in [6.45, 7) is 2.72. The average Bonchev–Trinajstić information content (AvgIpc) is 3.22. The number of nitrogen functional groups attached to an aromatic ring is 1. The molecule has 0 unspecified atom stereocenters. The van der Waals surface area contributed by atoms with Crippen LogP contribution in [-0.4, -0.2) is 37.0 Å². The van der Waals surface area contributed by atoms with Crippen LogP contribution in [-0.2, 0) is 4.79 Å². The van der Waals surface area contributed by atoms with E-state index in [4.69, 9.17) is 5.73 Å². The molecule has 0 spiro atoms. The maximum atomic E-state index is 13.8. The number of carbonyl (C=O) groups excluding carboxylic acids is 1. The number of amides is 1. The fraction of sp³-hybridized carbons (Fsp3) is 0.500. The van der Waals surface area contributed by atoms with Gasteiger partial charge in [0.2, 0.25) is 5.91 Å². The summed E-state index contributed by atoms with van der Waals surface area (Å²) < 4.78 is 13.8. The smallest absolute Gasteiger partial charge is 0.225 e. The molecule has 4 nitrogen and oxygen atoms in total. The Bertz CT molecular complexity index is 493. The van der Waals surface area contributed by atoms with E-state index in [1.165, 1.54) is 6.07 Å². The molecule has 0 atom stereocenters. The summed E-state index contributed by atoms with van der Waals surface area (Å²) in [5.74, 6) is 0.249. The Morgan fingerprint density at radius 1 is 1.21 bits per heavy atom. The highest BCUT2D eigenvalue weighted by molar-refractivity contribution is 5.81. The van der Waals surface area contributed by atoms with Crippen molar-refractivity contribution in [3.05, 3.63) is 24.0 Å². The first-order valence-electron chi connectivity index (χ1n) is 6.74. The Morgan fingerprint density at radius 3 is 2.47 bits per heavy atom. The molecule has 1 amide bonds. The Hall–Kier alpha value is -1.78. The maximum Gasteiger partial charge on any atom is 0.225 e. The van der Waals surface area contributed by atoms with Crippen LogP contribution >= 0.6 is 0 Å². The number of hydrogen-bond acceptors (Lipinski definition) is 3. The minimum Gasteiger partial charge on any atom is -0.399 e. The van der Waals surface area contributed by atoms with Gasteiger partial charge in [-0.15, -0.1) is 0 Å². The second kappa shape index (κ2) is 4.72. The summed E-state index contributed by atoms with van der Waals surface area (Å²) in [5.41, 5.74) is 6.56. The third-order valence-electron chi connectivity index (χ3n) is 3.83. The van der Waals surface area contributed by atoms with E-state index in [0.717, 1.165) is 12.8 Å². The minimum absolute atomic E-state index is 0.264. The van der Waals surface area contributed by atoms with Crippen molar-refractivity contribution < 1.29 is 9.18 Å². The van der Waals surface area contributed by atoms with Crippen molar-refractivity contribution in [2.45, 2.75) is 12.8 Å². The van der Waals surface area contributed by atoms with Crippen molar-refractivity contribution in [2.24, 2.45) is 5.92 Å². The molecule has 2 aliphatic rings. The molecule has 0 bridgehead atoms. The number of carbonyl (C=O) groups is 1. The normalized spacial score (nSPS) is 19.6. The average molecular weight is 263 g/mol. The van der Waals surface area contributed by atoms with Crippen LogP contribution in [0.1, 0.15) is 12.8 Å². The van der Waals surface area contributed by atoms with E-state index in [9.17, 15) is 9.18 Å². The summed E-state index contributed by atoms with van der Waals surface area (Å²) in [4.78, 5) is 15.8. The topological polar surface area (TPSA) is 49.6 Å². The van der Waals surface area contributed by atoms with Gasteiger partial charge in [-0.25, -0.2) is 4.39 Å². The molecule has 1 aliphatic carbocycles. The van der Waals surface area contributed by atoms with Gasteiger partial charge in [0.25, 0.3) is 0 Å². The summed E-state index contributed by atoms with van der Waals surface area (Å²) in [7, 11) is 0. The zero-order valence-corrected chi connectivity index (χ0v) is 10.8. The highest BCUT2D eigenvalue weighted by Crippen LogP contribution is 2.31. The molecule has 2 fully saturated rings. The Kier molecular flexibility index (Phi) is 3.05.